The van der Waals surface area contributed by atoms with Gasteiger partial charge in [0.25, 0.3) is 0 Å². The largest absolute Gasteiger partial charge is 0.662 e. The number of nitrogens with zero attached hydrogens (tertiary/aromatic N) is 2. The normalized spacial score (nSPS) is 22.4. The fraction of sp³-hybridized carbons (Fsp3) is 1.00. The summed E-state index contributed by atoms with van der Waals surface area (Å²) in [6, 6.07) is 0. The molecule has 0 aromatic carbocycles. The van der Waals surface area contributed by atoms with Crippen molar-refractivity contribution in [2.24, 2.45) is 11.8 Å². The van der Waals surface area contributed by atoms with Gasteiger partial charge in [-0.25, -0.2) is 0 Å². The van der Waals surface area contributed by atoms with Crippen LogP contribution in [-0.4, -0.2) is 26.2 Å². The fourth-order valence-electron chi connectivity index (χ4n) is 1.43. The molecule has 2 aliphatic heterocycles. The summed E-state index contributed by atoms with van der Waals surface area (Å²) >= 11 is 0. The molecule has 2 saturated heterocycles. The molecule has 2 rings (SSSR count). The summed E-state index contributed by atoms with van der Waals surface area (Å²) in [7, 11) is 0. The summed E-state index contributed by atoms with van der Waals surface area (Å²) < 4.78 is 0. The van der Waals surface area contributed by atoms with Crippen molar-refractivity contribution >= 4 is 0 Å². The minimum Gasteiger partial charge on any atom is -0.662 e. The van der Waals surface area contributed by atoms with Crippen molar-refractivity contribution in [3.05, 3.63) is 10.6 Å². The molecule has 0 saturated carbocycles. The predicted molar refractivity (Wildman–Crippen MR) is 76.4 cm³/mol. The summed E-state index contributed by atoms with van der Waals surface area (Å²) in [5.74, 6) is 1.76. The van der Waals surface area contributed by atoms with Crippen molar-refractivity contribution in [3.63, 3.8) is 0 Å². The molecule has 2 atom stereocenters. The van der Waals surface area contributed by atoms with Gasteiger partial charge in [0.1, 0.15) is 0 Å². The van der Waals surface area contributed by atoms with Crippen molar-refractivity contribution in [2.75, 3.05) is 26.2 Å². The van der Waals surface area contributed by atoms with Crippen LogP contribution in [0.25, 0.3) is 10.6 Å². The van der Waals surface area contributed by atoms with Crippen LogP contribution < -0.4 is 0 Å². The number of rotatable bonds is 0. The number of hydrogen-bond donors (Lipinski definition) is 0. The molecular weight excluding hydrogens is 463 g/mol. The summed E-state index contributed by atoms with van der Waals surface area (Å²) in [6.45, 7) is 16.9. The van der Waals surface area contributed by atoms with Crippen molar-refractivity contribution in [3.8, 4) is 0 Å². The van der Waals surface area contributed by atoms with E-state index in [9.17, 15) is 0 Å². The van der Waals surface area contributed by atoms with Gasteiger partial charge in [-0.3, -0.25) is 0 Å². The van der Waals surface area contributed by atoms with Crippen molar-refractivity contribution in [2.45, 2.75) is 54.4 Å². The summed E-state index contributed by atoms with van der Waals surface area (Å²) in [5.41, 5.74) is 0. The zero-order valence-corrected chi connectivity index (χ0v) is 22.5. The first-order valence-electron chi connectivity index (χ1n) is 7.05. The third kappa shape index (κ3) is 26.4. The minimum absolute atomic E-state index is 0. The molecule has 0 aromatic heterocycles. The third-order valence-electron chi connectivity index (χ3n) is 2.44. The maximum Gasteiger partial charge on any atom is 0 e. The molecule has 0 spiro atoms. The fourth-order valence-corrected chi connectivity index (χ4v) is 1.43. The maximum atomic E-state index is 4.16. The molecule has 109 valence electrons. The molecule has 0 aliphatic carbocycles. The monoisotopic (exact) mass is 495 g/mol. The van der Waals surface area contributed by atoms with E-state index in [2.05, 4.69) is 24.5 Å². The molecule has 0 N–H and O–H groups in total. The van der Waals surface area contributed by atoms with Gasteiger partial charge in [-0.05, 0) is 0 Å². The molecule has 2 fully saturated rings. The molecule has 19 heavy (non-hydrogen) atoms. The van der Waals surface area contributed by atoms with E-state index in [-0.39, 0.29) is 98.1 Å². The van der Waals surface area contributed by atoms with Gasteiger partial charge in [0.2, 0.25) is 0 Å². The van der Waals surface area contributed by atoms with Crippen molar-refractivity contribution in [1.29, 1.82) is 0 Å². The zero-order valence-electron chi connectivity index (χ0n) is 14.0. The Bertz CT molecular complexity index is 101. The van der Waals surface area contributed by atoms with Gasteiger partial charge < -0.3 is 10.6 Å². The van der Waals surface area contributed by atoms with Crippen LogP contribution in [-0.2, 0) is 98.1 Å². The SMILES string of the molecule is CC.CC.C[C@@H]1CC[N-]C1.C[C@H]1CC[N-]C1.[Y].[Y].[Y]. The van der Waals surface area contributed by atoms with Crippen LogP contribution in [0, 0.1) is 11.8 Å². The standard InChI is InChI=1S/2C5H10N.2C2H6.3Y/c2*1-5-2-3-6-4-5;2*1-2;;;/h2*5H,2-4H2,1H3;2*1-2H3;;;/q2*-1;;;;;/t2*5-;;;;;/m10...../s1. The van der Waals surface area contributed by atoms with Crippen LogP contribution in [0.4, 0.5) is 0 Å². The minimum atomic E-state index is 0. The molecule has 2 nitrogen and oxygen atoms in total. The van der Waals surface area contributed by atoms with Crippen LogP contribution in [0.2, 0.25) is 0 Å². The van der Waals surface area contributed by atoms with E-state index >= 15 is 0 Å². The Morgan fingerprint density at radius 3 is 0.947 bits per heavy atom. The van der Waals surface area contributed by atoms with E-state index in [0.29, 0.717) is 0 Å². The Hall–Kier alpha value is 3.23. The van der Waals surface area contributed by atoms with E-state index in [4.69, 9.17) is 0 Å². The Balaban J connectivity index is -0.0000000486. The maximum absolute atomic E-state index is 4.16. The van der Waals surface area contributed by atoms with Gasteiger partial charge in [-0.1, -0.05) is 66.2 Å². The average molecular weight is 495 g/mol. The Morgan fingerprint density at radius 1 is 0.632 bits per heavy atom. The molecule has 0 aromatic rings. The van der Waals surface area contributed by atoms with Gasteiger partial charge >= 0.3 is 0 Å². The molecule has 5 heteroatoms. The molecule has 0 amide bonds. The van der Waals surface area contributed by atoms with Gasteiger partial charge in [0.15, 0.2) is 0 Å². The second kappa shape index (κ2) is 29.3. The van der Waals surface area contributed by atoms with Gasteiger partial charge in [-0.2, -0.15) is 0 Å². The molecule has 2 aliphatic rings. The smallest absolute Gasteiger partial charge is 0 e. The van der Waals surface area contributed by atoms with Crippen LogP contribution in [0.5, 0.6) is 0 Å². The van der Waals surface area contributed by atoms with Crippen molar-refractivity contribution < 1.29 is 98.1 Å². The van der Waals surface area contributed by atoms with E-state index in [0.717, 1.165) is 38.0 Å². The zero-order chi connectivity index (χ0) is 12.8. The second-order valence-electron chi connectivity index (χ2n) is 4.05. The van der Waals surface area contributed by atoms with Crippen LogP contribution in [0.3, 0.4) is 0 Å². The topological polar surface area (TPSA) is 28.2 Å². The molecule has 3 radical (unpaired) electrons. The second-order valence-corrected chi connectivity index (χ2v) is 4.05. The van der Waals surface area contributed by atoms with Gasteiger partial charge in [0.05, 0.1) is 0 Å². The van der Waals surface area contributed by atoms with E-state index in [1.54, 1.807) is 0 Å². The first-order chi connectivity index (χ1) is 7.79. The summed E-state index contributed by atoms with van der Waals surface area (Å²) in [6.07, 6.45) is 2.64. The van der Waals surface area contributed by atoms with E-state index in [1.165, 1.54) is 12.8 Å². The Labute approximate surface area is 198 Å². The Morgan fingerprint density at radius 2 is 0.895 bits per heavy atom. The van der Waals surface area contributed by atoms with E-state index < -0.39 is 0 Å². The summed E-state index contributed by atoms with van der Waals surface area (Å²) in [4.78, 5) is 0. The molecule has 0 unspecified atom stereocenters. The van der Waals surface area contributed by atoms with Crippen molar-refractivity contribution in [1.82, 2.24) is 0 Å². The van der Waals surface area contributed by atoms with E-state index in [1.807, 2.05) is 27.7 Å². The average Bonchev–Trinajstić information content (AvgIpc) is 2.98. The van der Waals surface area contributed by atoms with Gasteiger partial charge in [0, 0.05) is 98.1 Å². The molecule has 0 bridgehead atoms. The predicted octanol–water partition coefficient (Wildman–Crippen LogP) is 4.84. The van der Waals surface area contributed by atoms with Crippen LogP contribution >= 0.6 is 0 Å². The first kappa shape index (κ1) is 33.8. The number of hydrogen-bond acceptors (Lipinski definition) is 0. The first-order valence-corrected chi connectivity index (χ1v) is 7.05. The van der Waals surface area contributed by atoms with Crippen LogP contribution in [0.1, 0.15) is 54.4 Å². The summed E-state index contributed by atoms with van der Waals surface area (Å²) in [5, 5.41) is 8.33. The third-order valence-corrected chi connectivity index (χ3v) is 2.44. The molecule has 2 heterocycles. The quantitative estimate of drug-likeness (QED) is 0.461. The Kier molecular flexibility index (Phi) is 52.0. The molecular formula is C14H32N2Y3-2. The van der Waals surface area contributed by atoms with Gasteiger partial charge in [-0.15, -0.1) is 26.2 Å². The van der Waals surface area contributed by atoms with Crippen LogP contribution in [0.15, 0.2) is 0 Å².